The summed E-state index contributed by atoms with van der Waals surface area (Å²) in [4.78, 5) is 4.29. The molecule has 0 spiro atoms. The van der Waals surface area contributed by atoms with E-state index >= 15 is 0 Å². The standard InChI is InChI=1S/C14H12ClN3O/c15-10-1-3-13(4-2-10)19-9-12-8-17-14-7-11(16)5-6-18(12)14/h1-8H,9,16H2. The molecule has 96 valence electrons. The van der Waals surface area contributed by atoms with Crippen molar-refractivity contribution in [2.24, 2.45) is 0 Å². The number of halogens is 1. The fraction of sp³-hybridized carbons (Fsp3) is 0.0714. The molecule has 0 unspecified atom stereocenters. The number of benzene rings is 1. The Morgan fingerprint density at radius 3 is 2.79 bits per heavy atom. The molecule has 0 aliphatic heterocycles. The summed E-state index contributed by atoms with van der Waals surface area (Å²) >= 11 is 5.82. The summed E-state index contributed by atoms with van der Waals surface area (Å²) < 4.78 is 7.64. The van der Waals surface area contributed by atoms with E-state index in [1.807, 2.05) is 34.9 Å². The van der Waals surface area contributed by atoms with Crippen LogP contribution in [0.2, 0.25) is 5.02 Å². The van der Waals surface area contributed by atoms with Crippen molar-refractivity contribution in [3.8, 4) is 5.75 Å². The molecule has 0 bridgehead atoms. The summed E-state index contributed by atoms with van der Waals surface area (Å²) in [7, 11) is 0. The van der Waals surface area contributed by atoms with E-state index in [0.29, 0.717) is 17.3 Å². The van der Waals surface area contributed by atoms with Gasteiger partial charge in [-0.3, -0.25) is 0 Å². The SMILES string of the molecule is Nc1ccn2c(COc3ccc(Cl)cc3)cnc2c1. The maximum Gasteiger partial charge on any atom is 0.139 e. The van der Waals surface area contributed by atoms with Gasteiger partial charge in [-0.2, -0.15) is 0 Å². The molecule has 2 N–H and O–H groups in total. The minimum Gasteiger partial charge on any atom is -0.487 e. The molecule has 0 radical (unpaired) electrons. The van der Waals surface area contributed by atoms with Crippen molar-refractivity contribution >= 4 is 22.9 Å². The van der Waals surface area contributed by atoms with Gasteiger partial charge in [0.25, 0.3) is 0 Å². The summed E-state index contributed by atoms with van der Waals surface area (Å²) in [6, 6.07) is 10.9. The molecular formula is C14H12ClN3O. The Balaban J connectivity index is 1.80. The van der Waals surface area contributed by atoms with Crippen molar-refractivity contribution in [2.75, 3.05) is 5.73 Å². The summed E-state index contributed by atoms with van der Waals surface area (Å²) in [5.41, 5.74) is 8.19. The number of imidazole rings is 1. The zero-order valence-corrected chi connectivity index (χ0v) is 10.8. The molecule has 5 heteroatoms. The van der Waals surface area contributed by atoms with E-state index in [1.165, 1.54) is 0 Å². The molecule has 0 aliphatic rings. The molecule has 0 amide bonds. The number of hydrogen-bond acceptors (Lipinski definition) is 3. The molecule has 0 aliphatic carbocycles. The minimum atomic E-state index is 0.437. The van der Waals surface area contributed by atoms with E-state index in [2.05, 4.69) is 4.98 Å². The Labute approximate surface area is 115 Å². The van der Waals surface area contributed by atoms with Gasteiger partial charge in [0, 0.05) is 23.0 Å². The minimum absolute atomic E-state index is 0.437. The summed E-state index contributed by atoms with van der Waals surface area (Å²) in [5, 5.41) is 0.692. The van der Waals surface area contributed by atoms with Crippen molar-refractivity contribution in [2.45, 2.75) is 6.61 Å². The third-order valence-electron chi connectivity index (χ3n) is 2.81. The van der Waals surface area contributed by atoms with Crippen LogP contribution in [0.5, 0.6) is 5.75 Å². The largest absolute Gasteiger partial charge is 0.487 e. The topological polar surface area (TPSA) is 52.5 Å². The third-order valence-corrected chi connectivity index (χ3v) is 3.07. The second-order valence-corrected chi connectivity index (χ2v) is 4.62. The molecule has 0 saturated carbocycles. The second-order valence-electron chi connectivity index (χ2n) is 4.18. The Morgan fingerprint density at radius 1 is 1.21 bits per heavy atom. The van der Waals surface area contributed by atoms with Crippen LogP contribution in [0.15, 0.2) is 48.8 Å². The average molecular weight is 274 g/mol. The van der Waals surface area contributed by atoms with Gasteiger partial charge in [-0.25, -0.2) is 4.98 Å². The molecular weight excluding hydrogens is 262 g/mol. The first-order valence-corrected chi connectivity index (χ1v) is 6.20. The predicted octanol–water partition coefficient (Wildman–Crippen LogP) is 3.15. The number of ether oxygens (including phenoxy) is 1. The van der Waals surface area contributed by atoms with Crippen LogP contribution < -0.4 is 10.5 Å². The van der Waals surface area contributed by atoms with Gasteiger partial charge < -0.3 is 14.9 Å². The van der Waals surface area contributed by atoms with Crippen molar-refractivity contribution in [3.05, 3.63) is 59.5 Å². The number of nitrogens with zero attached hydrogens (tertiary/aromatic N) is 2. The van der Waals surface area contributed by atoms with E-state index in [-0.39, 0.29) is 0 Å². The van der Waals surface area contributed by atoms with Crippen LogP contribution in [0, 0.1) is 0 Å². The van der Waals surface area contributed by atoms with Crippen LogP contribution in [0.3, 0.4) is 0 Å². The lowest BCUT2D eigenvalue weighted by Gasteiger charge is -2.06. The van der Waals surface area contributed by atoms with Crippen LogP contribution in [0.4, 0.5) is 5.69 Å². The molecule has 0 saturated heterocycles. The van der Waals surface area contributed by atoms with Gasteiger partial charge in [0.1, 0.15) is 18.0 Å². The molecule has 0 fully saturated rings. The van der Waals surface area contributed by atoms with Crippen molar-refractivity contribution in [1.82, 2.24) is 9.38 Å². The number of aromatic nitrogens is 2. The van der Waals surface area contributed by atoms with Gasteiger partial charge in [-0.05, 0) is 30.3 Å². The lowest BCUT2D eigenvalue weighted by Crippen LogP contribution is -1.99. The van der Waals surface area contributed by atoms with E-state index in [1.54, 1.807) is 18.3 Å². The van der Waals surface area contributed by atoms with Gasteiger partial charge in [-0.1, -0.05) is 11.6 Å². The van der Waals surface area contributed by atoms with Crippen LogP contribution >= 0.6 is 11.6 Å². The fourth-order valence-electron chi connectivity index (χ4n) is 1.84. The van der Waals surface area contributed by atoms with Gasteiger partial charge in [0.15, 0.2) is 0 Å². The maximum atomic E-state index is 5.82. The number of nitrogens with two attached hydrogens (primary N) is 1. The Hall–Kier alpha value is -2.20. The van der Waals surface area contributed by atoms with Crippen molar-refractivity contribution in [3.63, 3.8) is 0 Å². The molecule has 4 nitrogen and oxygen atoms in total. The van der Waals surface area contributed by atoms with Crippen molar-refractivity contribution in [1.29, 1.82) is 0 Å². The lowest BCUT2D eigenvalue weighted by molar-refractivity contribution is 0.300. The first kappa shape index (κ1) is 11.9. The van der Waals surface area contributed by atoms with E-state index in [9.17, 15) is 0 Å². The van der Waals surface area contributed by atoms with Crippen molar-refractivity contribution < 1.29 is 4.74 Å². The molecule has 1 aromatic carbocycles. The summed E-state index contributed by atoms with van der Waals surface area (Å²) in [6.45, 7) is 0.437. The highest BCUT2D eigenvalue weighted by Gasteiger charge is 2.04. The van der Waals surface area contributed by atoms with Crippen LogP contribution in [0.1, 0.15) is 5.69 Å². The Kier molecular flexibility index (Phi) is 3.01. The third kappa shape index (κ3) is 2.48. The van der Waals surface area contributed by atoms with E-state index in [4.69, 9.17) is 22.1 Å². The first-order chi connectivity index (χ1) is 9.22. The zero-order chi connectivity index (χ0) is 13.2. The molecule has 19 heavy (non-hydrogen) atoms. The molecule has 3 rings (SSSR count). The molecule has 2 heterocycles. The number of pyridine rings is 1. The van der Waals surface area contributed by atoms with Crippen LogP contribution in [-0.4, -0.2) is 9.38 Å². The smallest absolute Gasteiger partial charge is 0.139 e. The molecule has 0 atom stereocenters. The van der Waals surface area contributed by atoms with Gasteiger partial charge in [-0.15, -0.1) is 0 Å². The zero-order valence-electron chi connectivity index (χ0n) is 10.1. The van der Waals surface area contributed by atoms with Crippen LogP contribution in [0.25, 0.3) is 5.65 Å². The summed E-state index contributed by atoms with van der Waals surface area (Å²) in [5.74, 6) is 0.773. The maximum absolute atomic E-state index is 5.82. The Bertz CT molecular complexity index is 706. The van der Waals surface area contributed by atoms with Gasteiger partial charge in [0.2, 0.25) is 0 Å². The number of fused-ring (bicyclic) bond motifs is 1. The lowest BCUT2D eigenvalue weighted by atomic mass is 10.3. The Morgan fingerprint density at radius 2 is 2.00 bits per heavy atom. The monoisotopic (exact) mass is 273 g/mol. The number of hydrogen-bond donors (Lipinski definition) is 1. The quantitative estimate of drug-likeness (QED) is 0.797. The fourth-order valence-corrected chi connectivity index (χ4v) is 1.97. The average Bonchev–Trinajstić information content (AvgIpc) is 2.80. The predicted molar refractivity (Wildman–Crippen MR) is 75.4 cm³/mol. The highest BCUT2D eigenvalue weighted by atomic mass is 35.5. The highest BCUT2D eigenvalue weighted by molar-refractivity contribution is 6.30. The first-order valence-electron chi connectivity index (χ1n) is 5.82. The van der Waals surface area contributed by atoms with Gasteiger partial charge >= 0.3 is 0 Å². The number of nitrogen functional groups attached to an aromatic ring is 1. The number of anilines is 1. The van der Waals surface area contributed by atoms with Crippen LogP contribution in [-0.2, 0) is 6.61 Å². The normalized spacial score (nSPS) is 10.8. The summed E-state index contributed by atoms with van der Waals surface area (Å²) in [6.07, 6.45) is 3.67. The van der Waals surface area contributed by atoms with Gasteiger partial charge in [0.05, 0.1) is 11.9 Å². The van der Waals surface area contributed by atoms with E-state index < -0.39 is 0 Å². The molecule has 3 aromatic rings. The highest BCUT2D eigenvalue weighted by Crippen LogP contribution is 2.17. The number of rotatable bonds is 3. The molecule has 2 aromatic heterocycles. The second kappa shape index (κ2) is 4.82. The van der Waals surface area contributed by atoms with E-state index in [0.717, 1.165) is 17.1 Å².